The Kier molecular flexibility index (Phi) is 7.58. The molecule has 0 radical (unpaired) electrons. The van der Waals surface area contributed by atoms with E-state index in [0.717, 1.165) is 25.3 Å². The maximum absolute atomic E-state index is 9.55. The molecule has 0 amide bonds. The number of benzene rings is 2. The third kappa shape index (κ3) is 6.27. The second-order valence-electron chi connectivity index (χ2n) is 5.99. The molecule has 1 heterocycles. The Morgan fingerprint density at radius 1 is 1.07 bits per heavy atom. The molecule has 6 heteroatoms. The first-order valence-electron chi connectivity index (χ1n) is 8.57. The van der Waals surface area contributed by atoms with Crippen molar-refractivity contribution in [1.82, 2.24) is 5.32 Å². The molecule has 3 N–H and O–H groups in total. The number of hydrogen-bond acceptors (Lipinski definition) is 4. The van der Waals surface area contributed by atoms with E-state index in [1.54, 1.807) is 7.11 Å². The zero-order valence-corrected chi connectivity index (χ0v) is 15.1. The second kappa shape index (κ2) is 10.1. The van der Waals surface area contributed by atoms with Crippen LogP contribution in [-0.2, 0) is 16.0 Å². The molecule has 0 bridgehead atoms. The topological polar surface area (TPSA) is 95.9 Å². The highest BCUT2D eigenvalue weighted by atomic mass is 16.5. The number of carboxylic acids is 2. The second-order valence-corrected chi connectivity index (χ2v) is 5.99. The monoisotopic (exact) mass is 369 g/mol. The first-order valence-corrected chi connectivity index (χ1v) is 8.57. The van der Waals surface area contributed by atoms with Gasteiger partial charge in [0, 0.05) is 24.6 Å². The van der Waals surface area contributed by atoms with Crippen LogP contribution in [0.1, 0.15) is 22.6 Å². The molecule has 1 aliphatic rings. The van der Waals surface area contributed by atoms with Crippen molar-refractivity contribution in [2.24, 2.45) is 0 Å². The van der Waals surface area contributed by atoms with Crippen LogP contribution in [0.25, 0.3) is 0 Å². The van der Waals surface area contributed by atoms with Gasteiger partial charge >= 0.3 is 11.9 Å². The van der Waals surface area contributed by atoms with Crippen molar-refractivity contribution in [1.29, 1.82) is 0 Å². The SMILES string of the molecule is COc1ccc2c(c1)CCNCC2c1ccccc1.O=C(O)C=CC(=O)O. The predicted octanol–water partition coefficient (Wildman–Crippen LogP) is 2.68. The standard InChI is InChI=1S/C17H19NO.C4H4O4/c1-19-15-7-8-16-14(11-15)9-10-18-12-17(16)13-5-3-2-4-6-13;5-3(6)1-2-4(7)8/h2-8,11,17-18H,9-10,12H2,1H3;1-2H,(H,5,6)(H,7,8). The van der Waals surface area contributed by atoms with Crippen LogP contribution >= 0.6 is 0 Å². The molecule has 1 atom stereocenters. The fourth-order valence-electron chi connectivity index (χ4n) is 2.97. The van der Waals surface area contributed by atoms with Crippen molar-refractivity contribution >= 4 is 11.9 Å². The zero-order chi connectivity index (χ0) is 19.6. The molecule has 3 rings (SSSR count). The van der Waals surface area contributed by atoms with E-state index < -0.39 is 11.9 Å². The lowest BCUT2D eigenvalue weighted by Gasteiger charge is -2.18. The van der Waals surface area contributed by atoms with E-state index >= 15 is 0 Å². The van der Waals surface area contributed by atoms with Crippen LogP contribution in [0.2, 0.25) is 0 Å². The van der Waals surface area contributed by atoms with Crippen LogP contribution in [-0.4, -0.2) is 42.4 Å². The average Bonchev–Trinajstić information content (AvgIpc) is 2.89. The number of fused-ring (bicyclic) bond motifs is 1. The minimum absolute atomic E-state index is 0.435. The normalized spacial score (nSPS) is 15.8. The van der Waals surface area contributed by atoms with Gasteiger partial charge in [0.05, 0.1) is 7.11 Å². The molecule has 0 saturated carbocycles. The Bertz CT molecular complexity index is 785. The fourth-order valence-corrected chi connectivity index (χ4v) is 2.97. The molecule has 0 aliphatic carbocycles. The number of carbonyl (C=O) groups is 2. The van der Waals surface area contributed by atoms with E-state index in [1.807, 2.05) is 0 Å². The van der Waals surface area contributed by atoms with Gasteiger partial charge in [0.1, 0.15) is 5.75 Å². The highest BCUT2D eigenvalue weighted by Crippen LogP contribution is 2.31. The van der Waals surface area contributed by atoms with Gasteiger partial charge < -0.3 is 20.3 Å². The van der Waals surface area contributed by atoms with Crippen LogP contribution in [0.3, 0.4) is 0 Å². The quantitative estimate of drug-likeness (QED) is 0.717. The number of carboxylic acid groups (broad SMARTS) is 2. The highest BCUT2D eigenvalue weighted by molar-refractivity contribution is 5.89. The first-order chi connectivity index (χ1) is 13.0. The molecule has 2 aromatic rings. The van der Waals surface area contributed by atoms with Crippen LogP contribution in [0.15, 0.2) is 60.7 Å². The summed E-state index contributed by atoms with van der Waals surface area (Å²) in [6.07, 6.45) is 2.18. The van der Waals surface area contributed by atoms with Crippen molar-refractivity contribution in [3.63, 3.8) is 0 Å². The Hall–Kier alpha value is -3.12. The molecule has 0 spiro atoms. The summed E-state index contributed by atoms with van der Waals surface area (Å²) in [5.41, 5.74) is 4.21. The molecule has 0 saturated heterocycles. The average molecular weight is 369 g/mol. The first kappa shape index (κ1) is 20.2. The van der Waals surface area contributed by atoms with Crippen molar-refractivity contribution < 1.29 is 24.5 Å². The lowest BCUT2D eigenvalue weighted by atomic mass is 9.88. The molecule has 6 nitrogen and oxygen atoms in total. The molecular formula is C21H23NO5. The third-order valence-electron chi connectivity index (χ3n) is 4.22. The van der Waals surface area contributed by atoms with Gasteiger partial charge in [-0.05, 0) is 41.8 Å². The van der Waals surface area contributed by atoms with Crippen molar-refractivity contribution in [2.45, 2.75) is 12.3 Å². The smallest absolute Gasteiger partial charge is 0.328 e. The molecule has 1 aliphatic heterocycles. The Labute approximate surface area is 158 Å². The van der Waals surface area contributed by atoms with Crippen molar-refractivity contribution in [3.8, 4) is 5.75 Å². The van der Waals surface area contributed by atoms with E-state index in [9.17, 15) is 9.59 Å². The minimum atomic E-state index is -1.26. The molecule has 27 heavy (non-hydrogen) atoms. The molecular weight excluding hydrogens is 346 g/mol. The van der Waals surface area contributed by atoms with Gasteiger partial charge in [0.2, 0.25) is 0 Å². The molecule has 142 valence electrons. The largest absolute Gasteiger partial charge is 0.497 e. The Morgan fingerprint density at radius 2 is 1.74 bits per heavy atom. The van der Waals surface area contributed by atoms with Gasteiger partial charge in [-0.2, -0.15) is 0 Å². The predicted molar refractivity (Wildman–Crippen MR) is 102 cm³/mol. The summed E-state index contributed by atoms with van der Waals surface area (Å²) in [5.74, 6) is -1.13. The summed E-state index contributed by atoms with van der Waals surface area (Å²) in [4.78, 5) is 19.1. The maximum atomic E-state index is 9.55. The summed E-state index contributed by atoms with van der Waals surface area (Å²) in [6, 6.07) is 17.2. The molecule has 1 unspecified atom stereocenters. The van der Waals surface area contributed by atoms with Gasteiger partial charge in [0.25, 0.3) is 0 Å². The summed E-state index contributed by atoms with van der Waals surface area (Å²) in [6.45, 7) is 2.03. The van der Waals surface area contributed by atoms with Gasteiger partial charge in [-0.25, -0.2) is 9.59 Å². The Balaban J connectivity index is 0.000000279. The summed E-state index contributed by atoms with van der Waals surface area (Å²) in [7, 11) is 1.73. The zero-order valence-electron chi connectivity index (χ0n) is 15.1. The maximum Gasteiger partial charge on any atom is 0.328 e. The fraction of sp³-hybridized carbons (Fsp3) is 0.238. The number of rotatable bonds is 4. The number of aliphatic carboxylic acids is 2. The van der Waals surface area contributed by atoms with Gasteiger partial charge in [-0.15, -0.1) is 0 Å². The highest BCUT2D eigenvalue weighted by Gasteiger charge is 2.20. The number of nitrogens with one attached hydrogen (secondary N) is 1. The summed E-state index contributed by atoms with van der Waals surface area (Å²) >= 11 is 0. The van der Waals surface area contributed by atoms with Gasteiger partial charge in [-0.1, -0.05) is 36.4 Å². The van der Waals surface area contributed by atoms with Crippen LogP contribution in [0, 0.1) is 0 Å². The van der Waals surface area contributed by atoms with E-state index in [4.69, 9.17) is 14.9 Å². The molecule has 0 aromatic heterocycles. The third-order valence-corrected chi connectivity index (χ3v) is 4.22. The lowest BCUT2D eigenvalue weighted by Crippen LogP contribution is -2.20. The van der Waals surface area contributed by atoms with E-state index in [1.165, 1.54) is 16.7 Å². The molecule has 0 fully saturated rings. The van der Waals surface area contributed by atoms with Gasteiger partial charge in [-0.3, -0.25) is 0 Å². The summed E-state index contributed by atoms with van der Waals surface area (Å²) in [5, 5.41) is 19.2. The minimum Gasteiger partial charge on any atom is -0.497 e. The van der Waals surface area contributed by atoms with Gasteiger partial charge in [0.15, 0.2) is 0 Å². The Morgan fingerprint density at radius 3 is 2.33 bits per heavy atom. The molecule has 2 aromatic carbocycles. The number of methoxy groups -OCH3 is 1. The number of hydrogen-bond donors (Lipinski definition) is 3. The van der Waals surface area contributed by atoms with E-state index in [2.05, 4.69) is 53.8 Å². The van der Waals surface area contributed by atoms with Crippen LogP contribution < -0.4 is 10.1 Å². The van der Waals surface area contributed by atoms with Crippen molar-refractivity contribution in [3.05, 3.63) is 77.4 Å². The lowest BCUT2D eigenvalue weighted by molar-refractivity contribution is -0.134. The van der Waals surface area contributed by atoms with E-state index in [0.29, 0.717) is 18.1 Å². The van der Waals surface area contributed by atoms with Crippen LogP contribution in [0.5, 0.6) is 5.75 Å². The van der Waals surface area contributed by atoms with E-state index in [-0.39, 0.29) is 0 Å². The summed E-state index contributed by atoms with van der Waals surface area (Å²) < 4.78 is 5.34. The van der Waals surface area contributed by atoms with Crippen molar-refractivity contribution in [2.75, 3.05) is 20.2 Å². The number of ether oxygens (including phenoxy) is 1. The van der Waals surface area contributed by atoms with Crippen LogP contribution in [0.4, 0.5) is 0 Å².